The number of aryl methyl sites for hydroxylation is 1. The van der Waals surface area contributed by atoms with Crippen LogP contribution in [0.15, 0.2) is 52.1 Å². The lowest BCUT2D eigenvalue weighted by molar-refractivity contribution is -0.126. The molecule has 1 saturated heterocycles. The van der Waals surface area contributed by atoms with Crippen molar-refractivity contribution in [1.82, 2.24) is 0 Å². The fourth-order valence-electron chi connectivity index (χ4n) is 3.07. The van der Waals surface area contributed by atoms with E-state index in [-0.39, 0.29) is 5.82 Å². The minimum absolute atomic E-state index is 0.342. The van der Waals surface area contributed by atoms with Crippen LogP contribution in [0, 0.1) is 18.7 Å². The van der Waals surface area contributed by atoms with Gasteiger partial charge in [0, 0.05) is 10.0 Å². The molecule has 2 aliphatic rings. The molecule has 0 unspecified atom stereocenters. The lowest BCUT2D eigenvalue weighted by atomic mass is 9.94. The Morgan fingerprint density at radius 1 is 1.12 bits per heavy atom. The third-order valence-electron chi connectivity index (χ3n) is 4.30. The quantitative estimate of drug-likeness (QED) is 0.724. The van der Waals surface area contributed by atoms with Gasteiger partial charge in [-0.25, -0.2) is 9.29 Å². The minimum Gasteiger partial charge on any atom is -0.381 e. The van der Waals surface area contributed by atoms with Crippen LogP contribution in [0.25, 0.3) is 0 Å². The molecule has 5 nitrogen and oxygen atoms in total. The number of anilines is 1. The van der Waals surface area contributed by atoms with Crippen LogP contribution in [-0.4, -0.2) is 23.6 Å². The van der Waals surface area contributed by atoms with Crippen molar-refractivity contribution >= 4 is 39.1 Å². The van der Waals surface area contributed by atoms with E-state index in [0.717, 1.165) is 10.5 Å². The van der Waals surface area contributed by atoms with Crippen molar-refractivity contribution < 1.29 is 18.8 Å². The van der Waals surface area contributed by atoms with E-state index in [4.69, 9.17) is 4.84 Å². The Morgan fingerprint density at radius 2 is 1.84 bits per heavy atom. The smallest absolute Gasteiger partial charge is 0.279 e. The molecular formula is C18H12BrFN2O3. The standard InChI is InChI=1S/C18H12BrFN2O3/c1-9-2-7-13(12(19)8-9)22-17(23)14-15(21-25-16(14)18(22)24)10-3-5-11(20)6-4-10/h2-8,14,16H,1H3/t14-,16-/m1/s1. The largest absolute Gasteiger partial charge is 0.381 e. The van der Waals surface area contributed by atoms with Gasteiger partial charge in [0.05, 0.1) is 5.69 Å². The van der Waals surface area contributed by atoms with Crippen LogP contribution in [-0.2, 0) is 14.4 Å². The molecule has 0 radical (unpaired) electrons. The molecule has 2 amide bonds. The highest BCUT2D eigenvalue weighted by Gasteiger charge is 2.56. The number of hydrogen-bond acceptors (Lipinski definition) is 4. The van der Waals surface area contributed by atoms with E-state index in [1.54, 1.807) is 6.07 Å². The highest BCUT2D eigenvalue weighted by Crippen LogP contribution is 2.38. The maximum Gasteiger partial charge on any atom is 0.279 e. The van der Waals surface area contributed by atoms with Gasteiger partial charge in [-0.15, -0.1) is 0 Å². The number of rotatable bonds is 2. The second-order valence-corrected chi connectivity index (χ2v) is 6.81. The van der Waals surface area contributed by atoms with Gasteiger partial charge in [0.2, 0.25) is 12.0 Å². The van der Waals surface area contributed by atoms with Crippen LogP contribution in [0.3, 0.4) is 0 Å². The number of fused-ring (bicyclic) bond motifs is 1. The van der Waals surface area contributed by atoms with Crippen molar-refractivity contribution in [2.24, 2.45) is 11.1 Å². The Labute approximate surface area is 151 Å². The van der Waals surface area contributed by atoms with Crippen molar-refractivity contribution in [2.45, 2.75) is 13.0 Å². The number of imide groups is 1. The first-order valence-corrected chi connectivity index (χ1v) is 8.40. The summed E-state index contributed by atoms with van der Waals surface area (Å²) in [6.07, 6.45) is -0.985. The van der Waals surface area contributed by atoms with Crippen molar-refractivity contribution in [3.63, 3.8) is 0 Å². The summed E-state index contributed by atoms with van der Waals surface area (Å²) in [5.74, 6) is -2.08. The maximum absolute atomic E-state index is 13.1. The number of halogens is 2. The van der Waals surface area contributed by atoms with Gasteiger partial charge in [0.25, 0.3) is 5.91 Å². The zero-order chi connectivity index (χ0) is 17.7. The Hall–Kier alpha value is -2.54. The first-order valence-electron chi connectivity index (χ1n) is 7.61. The van der Waals surface area contributed by atoms with Gasteiger partial charge in [0.15, 0.2) is 0 Å². The summed E-state index contributed by atoms with van der Waals surface area (Å²) in [4.78, 5) is 32.0. The SMILES string of the molecule is Cc1ccc(N2C(=O)[C@@H]3C(c4ccc(F)cc4)=NO[C@H]3C2=O)c(Br)c1. The predicted octanol–water partition coefficient (Wildman–Crippen LogP) is 3.19. The molecule has 2 atom stereocenters. The van der Waals surface area contributed by atoms with E-state index in [1.807, 2.05) is 19.1 Å². The van der Waals surface area contributed by atoms with Crippen LogP contribution in [0.5, 0.6) is 0 Å². The van der Waals surface area contributed by atoms with Crippen LogP contribution >= 0.6 is 15.9 Å². The van der Waals surface area contributed by atoms with Crippen molar-refractivity contribution in [3.8, 4) is 0 Å². The van der Waals surface area contributed by atoms with Gasteiger partial charge in [0.1, 0.15) is 17.4 Å². The van der Waals surface area contributed by atoms with E-state index >= 15 is 0 Å². The number of hydrogen-bond donors (Lipinski definition) is 0. The molecule has 126 valence electrons. The summed E-state index contributed by atoms with van der Waals surface area (Å²) in [7, 11) is 0. The van der Waals surface area contributed by atoms with Crippen LogP contribution in [0.4, 0.5) is 10.1 Å². The fraction of sp³-hybridized carbons (Fsp3) is 0.167. The summed E-state index contributed by atoms with van der Waals surface area (Å²) in [6.45, 7) is 1.92. The average Bonchev–Trinajstić information content (AvgIpc) is 3.11. The van der Waals surface area contributed by atoms with Gasteiger partial charge in [-0.05, 0) is 52.7 Å². The first-order chi connectivity index (χ1) is 12.0. The number of nitrogens with zero attached hydrogens (tertiary/aromatic N) is 2. The third-order valence-corrected chi connectivity index (χ3v) is 4.93. The molecule has 0 N–H and O–H groups in total. The topological polar surface area (TPSA) is 59.0 Å². The Morgan fingerprint density at radius 3 is 2.52 bits per heavy atom. The van der Waals surface area contributed by atoms with Crippen molar-refractivity contribution in [3.05, 3.63) is 63.9 Å². The maximum atomic E-state index is 13.1. The van der Waals surface area contributed by atoms with Gasteiger partial charge in [-0.3, -0.25) is 9.59 Å². The molecule has 25 heavy (non-hydrogen) atoms. The Balaban J connectivity index is 1.72. The van der Waals surface area contributed by atoms with Crippen LogP contribution in [0.1, 0.15) is 11.1 Å². The summed E-state index contributed by atoms with van der Waals surface area (Å²) in [6, 6.07) is 11.0. The number of carbonyl (C=O) groups is 2. The minimum atomic E-state index is -0.985. The predicted molar refractivity (Wildman–Crippen MR) is 92.7 cm³/mol. The van der Waals surface area contributed by atoms with Crippen LogP contribution in [0.2, 0.25) is 0 Å². The molecule has 0 bridgehead atoms. The molecule has 0 saturated carbocycles. The van der Waals surface area contributed by atoms with E-state index < -0.39 is 23.8 Å². The van der Waals surface area contributed by atoms with Crippen molar-refractivity contribution in [1.29, 1.82) is 0 Å². The lowest BCUT2D eigenvalue weighted by Gasteiger charge is -2.17. The van der Waals surface area contributed by atoms with Gasteiger partial charge >= 0.3 is 0 Å². The van der Waals surface area contributed by atoms with Crippen molar-refractivity contribution in [2.75, 3.05) is 4.90 Å². The van der Waals surface area contributed by atoms with Crippen LogP contribution < -0.4 is 4.90 Å². The number of carbonyl (C=O) groups excluding carboxylic acids is 2. The second kappa shape index (κ2) is 5.77. The highest BCUT2D eigenvalue weighted by atomic mass is 79.9. The number of benzene rings is 2. The monoisotopic (exact) mass is 402 g/mol. The molecule has 2 heterocycles. The zero-order valence-electron chi connectivity index (χ0n) is 13.1. The Bertz CT molecular complexity index is 926. The third kappa shape index (κ3) is 2.46. The molecule has 0 aliphatic carbocycles. The fourth-order valence-corrected chi connectivity index (χ4v) is 3.74. The van der Waals surface area contributed by atoms with E-state index in [2.05, 4.69) is 21.1 Å². The summed E-state index contributed by atoms with van der Waals surface area (Å²) in [5.41, 5.74) is 2.37. The van der Waals surface area contributed by atoms with Gasteiger partial charge < -0.3 is 4.84 Å². The zero-order valence-corrected chi connectivity index (χ0v) is 14.7. The molecule has 2 aliphatic heterocycles. The highest BCUT2D eigenvalue weighted by molar-refractivity contribution is 9.10. The van der Waals surface area contributed by atoms with Gasteiger partial charge in [-0.2, -0.15) is 0 Å². The molecule has 7 heteroatoms. The first kappa shape index (κ1) is 16.0. The summed E-state index contributed by atoms with van der Waals surface area (Å²) >= 11 is 3.40. The summed E-state index contributed by atoms with van der Waals surface area (Å²) < 4.78 is 13.8. The second-order valence-electron chi connectivity index (χ2n) is 5.95. The summed E-state index contributed by atoms with van der Waals surface area (Å²) in [5, 5.41) is 3.90. The van der Waals surface area contributed by atoms with E-state index in [9.17, 15) is 14.0 Å². The number of amides is 2. The number of oxime groups is 1. The molecule has 4 rings (SSSR count). The molecule has 1 fully saturated rings. The van der Waals surface area contributed by atoms with E-state index in [1.165, 1.54) is 24.3 Å². The average molecular weight is 403 g/mol. The molecule has 2 aromatic carbocycles. The van der Waals surface area contributed by atoms with E-state index in [0.29, 0.717) is 21.4 Å². The molecule has 0 aromatic heterocycles. The molecular weight excluding hydrogens is 391 g/mol. The van der Waals surface area contributed by atoms with Gasteiger partial charge in [-0.1, -0.05) is 23.4 Å². The molecule has 0 spiro atoms. The molecule has 2 aromatic rings. The Kier molecular flexibility index (Phi) is 3.68. The lowest BCUT2D eigenvalue weighted by Crippen LogP contribution is -2.33. The normalized spacial score (nSPS) is 22.0.